The van der Waals surface area contributed by atoms with E-state index in [1.807, 2.05) is 0 Å². The number of nitrogens with zero attached hydrogens (tertiary/aromatic N) is 4. The third-order valence-electron chi connectivity index (χ3n) is 7.41. The van der Waals surface area contributed by atoms with Gasteiger partial charge in [-0.3, -0.25) is 4.79 Å². The van der Waals surface area contributed by atoms with Crippen LogP contribution in [0.2, 0.25) is 25.7 Å². The standard InChI is InChI=1S/C28H34F2N6O4SSi/c1-42(2,3)14-13-40-17-36-28(32-19-9-11-35(12-10-19)41(31,38)39)27-26(34-36)20-8-7-18(16-37)15-21(20)25(33-27)24-22(29)5-4-6-23(24)30/h4-8,15-16,19,32H,9-14,17H2,1-3H3,(H2,31,38,39). The zero-order valence-corrected chi connectivity index (χ0v) is 25.5. The Morgan fingerprint density at radius 1 is 1.10 bits per heavy atom. The number of nitrogens with one attached hydrogen (secondary N) is 1. The predicted molar refractivity (Wildman–Crippen MR) is 161 cm³/mol. The molecule has 0 saturated carbocycles. The van der Waals surface area contributed by atoms with Gasteiger partial charge >= 0.3 is 0 Å². The number of carbonyl (C=O) groups excluding carboxylic acids is 1. The van der Waals surface area contributed by atoms with Crippen LogP contribution >= 0.6 is 0 Å². The van der Waals surface area contributed by atoms with Crippen molar-refractivity contribution in [1.29, 1.82) is 0 Å². The van der Waals surface area contributed by atoms with Crippen LogP contribution in [0.4, 0.5) is 14.6 Å². The van der Waals surface area contributed by atoms with Crippen LogP contribution < -0.4 is 10.5 Å². The first-order valence-electron chi connectivity index (χ1n) is 13.7. The molecular weight excluding hydrogens is 582 g/mol. The van der Waals surface area contributed by atoms with Crippen LogP contribution in [0.25, 0.3) is 33.1 Å². The summed E-state index contributed by atoms with van der Waals surface area (Å²) in [5.41, 5.74) is 0.917. The van der Waals surface area contributed by atoms with Crippen LogP contribution in [0.1, 0.15) is 23.2 Å². The highest BCUT2D eigenvalue weighted by atomic mass is 32.2. The molecule has 1 aliphatic heterocycles. The fourth-order valence-corrected chi connectivity index (χ4v) is 6.55. The predicted octanol–water partition coefficient (Wildman–Crippen LogP) is 4.73. The average Bonchev–Trinajstić information content (AvgIpc) is 3.27. The van der Waals surface area contributed by atoms with E-state index >= 15 is 8.78 Å². The van der Waals surface area contributed by atoms with Crippen LogP contribution in [0, 0.1) is 11.6 Å². The third kappa shape index (κ3) is 6.37. The number of hydrogen-bond acceptors (Lipinski definition) is 7. The van der Waals surface area contributed by atoms with Gasteiger partial charge < -0.3 is 10.1 Å². The molecule has 0 bridgehead atoms. The Labute approximate surface area is 244 Å². The number of hydrogen-bond donors (Lipinski definition) is 2. The lowest BCUT2D eigenvalue weighted by Gasteiger charge is -2.30. The molecular formula is C28H34F2N6O4SSi. The monoisotopic (exact) mass is 616 g/mol. The Bertz CT molecular complexity index is 1730. The maximum absolute atomic E-state index is 15.1. The fourth-order valence-electron chi connectivity index (χ4n) is 5.08. The van der Waals surface area contributed by atoms with Crippen molar-refractivity contribution in [2.24, 2.45) is 5.14 Å². The summed E-state index contributed by atoms with van der Waals surface area (Å²) in [5, 5.41) is 14.5. The fraction of sp³-hybridized carbons (Fsp3) is 0.393. The Hall–Kier alpha value is -3.30. The molecule has 10 nitrogen and oxygen atoms in total. The molecule has 0 radical (unpaired) electrons. The van der Waals surface area contributed by atoms with Gasteiger partial charge in [-0.15, -0.1) is 0 Å². The normalized spacial score (nSPS) is 15.5. The number of fused-ring (bicyclic) bond motifs is 3. The molecule has 14 heteroatoms. The second-order valence-electron chi connectivity index (χ2n) is 11.7. The van der Waals surface area contributed by atoms with Crippen molar-refractivity contribution in [3.05, 3.63) is 53.6 Å². The van der Waals surface area contributed by atoms with E-state index in [0.29, 0.717) is 58.9 Å². The summed E-state index contributed by atoms with van der Waals surface area (Å²) in [6, 6.07) is 9.28. The van der Waals surface area contributed by atoms with Gasteiger partial charge in [0.2, 0.25) is 0 Å². The Kier molecular flexibility index (Phi) is 8.45. The van der Waals surface area contributed by atoms with E-state index in [1.54, 1.807) is 22.9 Å². The van der Waals surface area contributed by atoms with Crippen LogP contribution in [-0.2, 0) is 21.7 Å². The molecule has 42 heavy (non-hydrogen) atoms. The number of ether oxygens (including phenoxy) is 1. The highest BCUT2D eigenvalue weighted by molar-refractivity contribution is 7.86. The van der Waals surface area contributed by atoms with E-state index in [9.17, 15) is 13.2 Å². The number of aromatic nitrogens is 3. The highest BCUT2D eigenvalue weighted by Gasteiger charge is 2.28. The molecule has 2 aromatic carbocycles. The van der Waals surface area contributed by atoms with Gasteiger partial charge in [0.15, 0.2) is 5.82 Å². The topological polar surface area (TPSA) is 132 Å². The zero-order valence-electron chi connectivity index (χ0n) is 23.7. The van der Waals surface area contributed by atoms with Crippen molar-refractivity contribution in [3.63, 3.8) is 0 Å². The van der Waals surface area contributed by atoms with Gasteiger partial charge in [-0.2, -0.15) is 17.8 Å². The van der Waals surface area contributed by atoms with E-state index in [4.69, 9.17) is 20.0 Å². The van der Waals surface area contributed by atoms with E-state index in [2.05, 4.69) is 25.0 Å². The van der Waals surface area contributed by atoms with Crippen LogP contribution in [-0.4, -0.2) is 67.6 Å². The average molecular weight is 617 g/mol. The van der Waals surface area contributed by atoms with Crippen molar-refractivity contribution in [2.75, 3.05) is 25.0 Å². The van der Waals surface area contributed by atoms with Gasteiger partial charge in [-0.05, 0) is 37.1 Å². The SMILES string of the molecule is C[Si](C)(C)CCOCn1nc2c(nc(-c3c(F)cccc3F)c3cc(C=O)ccc32)c1NC1CCN(S(N)(=O)=O)CC1. The Morgan fingerprint density at radius 2 is 1.79 bits per heavy atom. The molecule has 224 valence electrons. The smallest absolute Gasteiger partial charge is 0.276 e. The summed E-state index contributed by atoms with van der Waals surface area (Å²) in [7, 11) is -5.14. The molecule has 1 fully saturated rings. The van der Waals surface area contributed by atoms with E-state index in [0.717, 1.165) is 18.2 Å². The number of pyridine rings is 1. The molecule has 0 unspecified atom stereocenters. The lowest BCUT2D eigenvalue weighted by molar-refractivity contribution is 0.0803. The maximum atomic E-state index is 15.1. The summed E-state index contributed by atoms with van der Waals surface area (Å²) in [5.74, 6) is -1.08. The van der Waals surface area contributed by atoms with Crippen LogP contribution in [0.5, 0.6) is 0 Å². The van der Waals surface area contributed by atoms with E-state index in [1.165, 1.54) is 10.4 Å². The van der Waals surface area contributed by atoms with E-state index < -0.39 is 29.9 Å². The maximum Gasteiger partial charge on any atom is 0.276 e. The summed E-state index contributed by atoms with van der Waals surface area (Å²) in [4.78, 5) is 16.4. The zero-order chi connectivity index (χ0) is 30.2. The van der Waals surface area contributed by atoms with Gasteiger partial charge in [-0.1, -0.05) is 37.8 Å². The number of piperidine rings is 1. The van der Waals surface area contributed by atoms with Crippen LogP contribution in [0.15, 0.2) is 36.4 Å². The molecule has 4 aromatic rings. The minimum atomic E-state index is -3.79. The number of nitrogens with two attached hydrogens (primary N) is 1. The number of aldehydes is 1. The summed E-state index contributed by atoms with van der Waals surface area (Å²) in [6.45, 7) is 7.90. The van der Waals surface area contributed by atoms with Crippen LogP contribution in [0.3, 0.4) is 0 Å². The van der Waals surface area contributed by atoms with Crippen molar-refractivity contribution < 1.29 is 26.7 Å². The molecule has 0 amide bonds. The van der Waals surface area contributed by atoms with Crippen molar-refractivity contribution in [2.45, 2.75) is 51.3 Å². The second-order valence-corrected chi connectivity index (χ2v) is 18.9. The summed E-state index contributed by atoms with van der Waals surface area (Å²) in [6.07, 6.45) is 1.62. The van der Waals surface area contributed by atoms with Crippen molar-refractivity contribution >= 4 is 52.2 Å². The van der Waals surface area contributed by atoms with E-state index in [-0.39, 0.29) is 37.1 Å². The van der Waals surface area contributed by atoms with Gasteiger partial charge in [0.25, 0.3) is 10.2 Å². The first-order valence-corrected chi connectivity index (χ1v) is 18.9. The molecule has 3 heterocycles. The Morgan fingerprint density at radius 3 is 2.40 bits per heavy atom. The van der Waals surface area contributed by atoms with Gasteiger partial charge in [-0.25, -0.2) is 23.6 Å². The quantitative estimate of drug-likeness (QED) is 0.150. The lowest BCUT2D eigenvalue weighted by atomic mass is 10.00. The minimum Gasteiger partial charge on any atom is -0.366 e. The number of anilines is 1. The number of halogens is 2. The minimum absolute atomic E-state index is 0.0445. The van der Waals surface area contributed by atoms with Gasteiger partial charge in [0.05, 0.1) is 11.3 Å². The van der Waals surface area contributed by atoms with Crippen molar-refractivity contribution in [3.8, 4) is 11.3 Å². The number of rotatable bonds is 10. The second kappa shape index (κ2) is 11.8. The highest BCUT2D eigenvalue weighted by Crippen LogP contribution is 2.38. The number of carbonyl (C=O) groups is 1. The molecule has 0 spiro atoms. The molecule has 2 aromatic heterocycles. The summed E-state index contributed by atoms with van der Waals surface area (Å²) >= 11 is 0. The lowest BCUT2D eigenvalue weighted by Crippen LogP contribution is -2.45. The first-order chi connectivity index (χ1) is 19.9. The molecule has 1 saturated heterocycles. The molecule has 0 atom stereocenters. The van der Waals surface area contributed by atoms with Gasteiger partial charge in [0, 0.05) is 50.1 Å². The van der Waals surface area contributed by atoms with Gasteiger partial charge in [0.1, 0.15) is 35.7 Å². The first kappa shape index (κ1) is 30.2. The molecule has 0 aliphatic carbocycles. The van der Waals surface area contributed by atoms with Crippen molar-refractivity contribution in [1.82, 2.24) is 19.1 Å². The third-order valence-corrected chi connectivity index (χ3v) is 10.2. The largest absolute Gasteiger partial charge is 0.366 e. The molecule has 5 rings (SSSR count). The molecule has 1 aliphatic rings. The summed E-state index contributed by atoms with van der Waals surface area (Å²) < 4.78 is 62.7. The molecule has 3 N–H and O–H groups in total. The number of benzene rings is 2. The Balaban J connectivity index is 1.64.